The minimum absolute atomic E-state index is 0.0237. The monoisotopic (exact) mass is 229 g/mol. The van der Waals surface area contributed by atoms with Crippen LogP contribution in [0.15, 0.2) is 0 Å². The molecule has 0 aromatic carbocycles. The van der Waals surface area contributed by atoms with Crippen LogP contribution in [0.1, 0.15) is 27.7 Å². The lowest BCUT2D eigenvalue weighted by Crippen LogP contribution is -2.38. The van der Waals surface area contributed by atoms with Crippen LogP contribution in [0.3, 0.4) is 0 Å². The zero-order valence-electron chi connectivity index (χ0n) is 9.03. The Bertz CT molecular complexity index is 162. The zero-order chi connectivity index (χ0) is 11.4. The van der Waals surface area contributed by atoms with Crippen molar-refractivity contribution < 1.29 is 13.2 Å². The molecule has 0 saturated heterocycles. The molecule has 0 bridgehead atoms. The Kier molecular flexibility index (Phi) is 5.30. The summed E-state index contributed by atoms with van der Waals surface area (Å²) in [5.74, 6) is 0.0733. The molecule has 0 aliphatic rings. The highest BCUT2D eigenvalue weighted by Crippen LogP contribution is 2.29. The molecule has 0 aromatic rings. The van der Waals surface area contributed by atoms with Crippen molar-refractivity contribution in [3.05, 3.63) is 0 Å². The molecule has 1 atom stereocenters. The van der Waals surface area contributed by atoms with E-state index in [0.29, 0.717) is 6.54 Å². The lowest BCUT2D eigenvalue weighted by Gasteiger charge is -2.28. The number of nitrogens with one attached hydrogen (secondary N) is 1. The lowest BCUT2D eigenvalue weighted by molar-refractivity contribution is -0.0327. The molecule has 0 aromatic heterocycles. The zero-order valence-corrected chi connectivity index (χ0v) is 9.85. The van der Waals surface area contributed by atoms with Gasteiger partial charge in [-0.15, -0.1) is 0 Å². The Morgan fingerprint density at radius 2 is 1.71 bits per heavy atom. The molecule has 0 amide bonds. The van der Waals surface area contributed by atoms with Crippen molar-refractivity contribution in [2.24, 2.45) is 5.41 Å². The van der Waals surface area contributed by atoms with E-state index in [2.05, 4.69) is 26.1 Å². The molecule has 0 fully saturated rings. The standard InChI is InChI=1S/C9H18F3NS/c1-7(8(2,3)4)13-5-6-14-9(10,11)12/h7,13H,5-6H2,1-4H3. The normalized spacial score (nSPS) is 15.6. The third kappa shape index (κ3) is 7.50. The first-order valence-electron chi connectivity index (χ1n) is 4.57. The predicted molar refractivity (Wildman–Crippen MR) is 55.4 cm³/mol. The Hall–Kier alpha value is 0.100. The number of rotatable bonds is 4. The van der Waals surface area contributed by atoms with E-state index in [4.69, 9.17) is 0 Å². The SMILES string of the molecule is CC(NCCSC(F)(F)F)C(C)(C)C. The van der Waals surface area contributed by atoms with E-state index in [1.807, 2.05) is 6.92 Å². The molecule has 0 rings (SSSR count). The van der Waals surface area contributed by atoms with E-state index in [1.165, 1.54) is 0 Å². The number of alkyl halides is 3. The van der Waals surface area contributed by atoms with E-state index in [1.54, 1.807) is 0 Å². The van der Waals surface area contributed by atoms with Crippen molar-refractivity contribution in [3.8, 4) is 0 Å². The highest BCUT2D eigenvalue weighted by molar-refractivity contribution is 8.00. The molecular weight excluding hydrogens is 211 g/mol. The summed E-state index contributed by atoms with van der Waals surface area (Å²) in [4.78, 5) is 0. The van der Waals surface area contributed by atoms with Crippen LogP contribution in [0.25, 0.3) is 0 Å². The summed E-state index contributed by atoms with van der Waals surface area (Å²) in [6.45, 7) is 8.55. The molecule has 1 unspecified atom stereocenters. The van der Waals surface area contributed by atoms with Gasteiger partial charge in [0.1, 0.15) is 0 Å². The fourth-order valence-electron chi connectivity index (χ4n) is 0.748. The second-order valence-corrected chi connectivity index (χ2v) is 5.50. The molecule has 0 spiro atoms. The molecule has 1 nitrogen and oxygen atoms in total. The first-order valence-corrected chi connectivity index (χ1v) is 5.55. The van der Waals surface area contributed by atoms with Crippen molar-refractivity contribution in [1.82, 2.24) is 5.32 Å². The average molecular weight is 229 g/mol. The molecule has 0 heterocycles. The van der Waals surface area contributed by atoms with Crippen molar-refractivity contribution >= 4 is 11.8 Å². The summed E-state index contributed by atoms with van der Waals surface area (Å²) in [5, 5.41) is 3.07. The van der Waals surface area contributed by atoms with Gasteiger partial charge in [0.2, 0.25) is 0 Å². The number of hydrogen-bond acceptors (Lipinski definition) is 2. The summed E-state index contributed by atoms with van der Waals surface area (Å²) in [6.07, 6.45) is 0. The molecule has 86 valence electrons. The van der Waals surface area contributed by atoms with Crippen LogP contribution in [0.5, 0.6) is 0 Å². The van der Waals surface area contributed by atoms with Crippen LogP contribution >= 0.6 is 11.8 Å². The summed E-state index contributed by atoms with van der Waals surface area (Å²) in [5.41, 5.74) is -4.02. The maximum Gasteiger partial charge on any atom is 0.441 e. The quantitative estimate of drug-likeness (QED) is 0.743. The van der Waals surface area contributed by atoms with Gasteiger partial charge >= 0.3 is 5.51 Å². The van der Waals surface area contributed by atoms with Gasteiger partial charge in [-0.2, -0.15) is 13.2 Å². The van der Waals surface area contributed by atoms with Gasteiger partial charge in [0.15, 0.2) is 0 Å². The average Bonchev–Trinajstić information content (AvgIpc) is 1.93. The van der Waals surface area contributed by atoms with E-state index in [0.717, 1.165) is 0 Å². The molecule has 5 heteroatoms. The Morgan fingerprint density at radius 3 is 2.07 bits per heavy atom. The summed E-state index contributed by atoms with van der Waals surface area (Å²) >= 11 is 0.0237. The van der Waals surface area contributed by atoms with Crippen LogP contribution in [-0.4, -0.2) is 23.8 Å². The minimum atomic E-state index is -4.10. The number of thioether (sulfide) groups is 1. The molecule has 0 aliphatic heterocycles. The summed E-state index contributed by atoms with van der Waals surface area (Å²) < 4.78 is 35.2. The first-order chi connectivity index (χ1) is 6.13. The van der Waals surface area contributed by atoms with Crippen molar-refractivity contribution in [1.29, 1.82) is 0 Å². The largest absolute Gasteiger partial charge is 0.441 e. The van der Waals surface area contributed by atoms with Gasteiger partial charge in [-0.1, -0.05) is 20.8 Å². The number of halogens is 3. The summed E-state index contributed by atoms with van der Waals surface area (Å²) in [6, 6.07) is 0.219. The van der Waals surface area contributed by atoms with Crippen LogP contribution in [-0.2, 0) is 0 Å². The fraction of sp³-hybridized carbons (Fsp3) is 1.00. The smallest absolute Gasteiger partial charge is 0.313 e. The lowest BCUT2D eigenvalue weighted by atomic mass is 9.88. The molecule has 14 heavy (non-hydrogen) atoms. The van der Waals surface area contributed by atoms with Crippen LogP contribution < -0.4 is 5.32 Å². The van der Waals surface area contributed by atoms with Gasteiger partial charge in [-0.05, 0) is 24.1 Å². The van der Waals surface area contributed by atoms with Gasteiger partial charge in [0.25, 0.3) is 0 Å². The van der Waals surface area contributed by atoms with Gasteiger partial charge in [-0.25, -0.2) is 0 Å². The van der Waals surface area contributed by atoms with Crippen LogP contribution in [0.2, 0.25) is 0 Å². The Balaban J connectivity index is 3.56. The third-order valence-corrected chi connectivity index (χ3v) is 2.85. The highest BCUT2D eigenvalue weighted by Gasteiger charge is 2.27. The van der Waals surface area contributed by atoms with Gasteiger partial charge in [0, 0.05) is 18.3 Å². The topological polar surface area (TPSA) is 12.0 Å². The highest BCUT2D eigenvalue weighted by atomic mass is 32.2. The molecule has 0 aliphatic carbocycles. The molecule has 1 N–H and O–H groups in total. The van der Waals surface area contributed by atoms with Crippen molar-refractivity contribution in [2.45, 2.75) is 39.2 Å². The third-order valence-electron chi connectivity index (χ3n) is 2.12. The number of hydrogen-bond donors (Lipinski definition) is 1. The van der Waals surface area contributed by atoms with Crippen molar-refractivity contribution in [3.63, 3.8) is 0 Å². The van der Waals surface area contributed by atoms with Crippen LogP contribution in [0, 0.1) is 5.41 Å². The minimum Gasteiger partial charge on any atom is -0.313 e. The van der Waals surface area contributed by atoms with E-state index in [9.17, 15) is 13.2 Å². The fourth-order valence-corrected chi connectivity index (χ4v) is 1.20. The first kappa shape index (κ1) is 14.1. The van der Waals surface area contributed by atoms with Gasteiger partial charge in [-0.3, -0.25) is 0 Å². The molecule has 0 radical (unpaired) electrons. The second kappa shape index (κ2) is 5.26. The maximum atomic E-state index is 11.7. The van der Waals surface area contributed by atoms with Crippen molar-refractivity contribution in [2.75, 3.05) is 12.3 Å². The maximum absolute atomic E-state index is 11.7. The Morgan fingerprint density at radius 1 is 1.21 bits per heavy atom. The van der Waals surface area contributed by atoms with Gasteiger partial charge in [0.05, 0.1) is 0 Å². The van der Waals surface area contributed by atoms with E-state index in [-0.39, 0.29) is 29.0 Å². The molecule has 0 saturated carbocycles. The predicted octanol–water partition coefficient (Wildman–Crippen LogP) is 3.26. The second-order valence-electron chi connectivity index (χ2n) is 4.34. The Labute approximate surface area is 87.8 Å². The van der Waals surface area contributed by atoms with Gasteiger partial charge < -0.3 is 5.32 Å². The summed E-state index contributed by atoms with van der Waals surface area (Å²) in [7, 11) is 0. The van der Waals surface area contributed by atoms with E-state index >= 15 is 0 Å². The van der Waals surface area contributed by atoms with E-state index < -0.39 is 5.51 Å². The van der Waals surface area contributed by atoms with Crippen LogP contribution in [0.4, 0.5) is 13.2 Å². The molecular formula is C9H18F3NS.